The van der Waals surface area contributed by atoms with Crippen molar-refractivity contribution in [2.45, 2.75) is 19.4 Å². The summed E-state index contributed by atoms with van der Waals surface area (Å²) in [5.74, 6) is -1.27. The fraction of sp³-hybridized carbons (Fsp3) is 0.158. The van der Waals surface area contributed by atoms with Crippen LogP contribution in [0.25, 0.3) is 5.65 Å². The van der Waals surface area contributed by atoms with Gasteiger partial charge in [0.2, 0.25) is 0 Å². The highest BCUT2D eigenvalue weighted by Gasteiger charge is 2.22. The molecule has 0 atom stereocenters. The number of anilines is 1. The molecule has 1 N–H and O–H groups in total. The van der Waals surface area contributed by atoms with Crippen molar-refractivity contribution in [3.05, 3.63) is 76.2 Å². The number of hydrogen-bond donors (Lipinski definition) is 1. The first kappa shape index (κ1) is 21.7. The minimum atomic E-state index is -3.11. The van der Waals surface area contributed by atoms with Crippen molar-refractivity contribution < 1.29 is 26.7 Å². The molecule has 0 radical (unpaired) electrons. The lowest BCUT2D eigenvalue weighted by Gasteiger charge is -2.06. The van der Waals surface area contributed by atoms with Crippen LogP contribution in [0.3, 0.4) is 0 Å². The monoisotopic (exact) mass is 470 g/mol. The lowest BCUT2D eigenvalue weighted by atomic mass is 10.2. The summed E-state index contributed by atoms with van der Waals surface area (Å²) < 4.78 is 67.6. The fourth-order valence-corrected chi connectivity index (χ4v) is 3.16. The zero-order valence-corrected chi connectivity index (χ0v) is 16.6. The molecule has 0 spiro atoms. The lowest BCUT2D eigenvalue weighted by molar-refractivity contribution is 0.102. The van der Waals surface area contributed by atoms with Gasteiger partial charge in [-0.15, -0.1) is 0 Å². The van der Waals surface area contributed by atoms with E-state index in [4.69, 9.17) is 11.6 Å². The molecule has 0 aliphatic rings. The Hall–Kier alpha value is -3.54. The van der Waals surface area contributed by atoms with Crippen LogP contribution in [0.1, 0.15) is 40.3 Å². The van der Waals surface area contributed by atoms with Crippen LogP contribution in [0.15, 0.2) is 42.7 Å². The van der Waals surface area contributed by atoms with Gasteiger partial charge in [0.25, 0.3) is 18.8 Å². The second-order valence-corrected chi connectivity index (χ2v) is 7.03. The van der Waals surface area contributed by atoms with E-state index in [2.05, 4.69) is 20.5 Å². The molecule has 0 fully saturated rings. The molecular formula is C19H12ClF5N6O. The highest BCUT2D eigenvalue weighted by atomic mass is 35.5. The van der Waals surface area contributed by atoms with Gasteiger partial charge in [-0.3, -0.25) is 9.48 Å². The molecule has 0 aliphatic heterocycles. The van der Waals surface area contributed by atoms with E-state index < -0.39 is 36.0 Å². The molecule has 1 amide bonds. The van der Waals surface area contributed by atoms with E-state index in [1.807, 2.05) is 0 Å². The average molecular weight is 471 g/mol. The first-order valence-corrected chi connectivity index (χ1v) is 9.33. The number of nitrogens with zero attached hydrogens (tertiary/aromatic N) is 5. The Morgan fingerprint density at radius 2 is 1.91 bits per heavy atom. The Labute approximate surface area is 181 Å². The summed E-state index contributed by atoms with van der Waals surface area (Å²) in [6, 6.07) is 5.47. The normalized spacial score (nSPS) is 11.6. The summed E-state index contributed by atoms with van der Waals surface area (Å²) in [7, 11) is 0. The van der Waals surface area contributed by atoms with Crippen LogP contribution in [0.4, 0.5) is 27.6 Å². The molecule has 3 heterocycles. The van der Waals surface area contributed by atoms with Crippen molar-refractivity contribution >= 4 is 28.8 Å². The molecule has 3 aromatic heterocycles. The summed E-state index contributed by atoms with van der Waals surface area (Å²) in [6.45, 7) is 0.196. The number of fused-ring (bicyclic) bond motifs is 1. The van der Waals surface area contributed by atoms with Crippen LogP contribution in [0.5, 0.6) is 0 Å². The minimum Gasteiger partial charge on any atom is -0.318 e. The standard InChI is InChI=1S/C19H12ClF5N6O/c20-12-3-10(21)2-1-9(12)7-30-8-11(6-26-30)27-19(32)14-5-16-28-13(17(22)23)4-15(18(24)25)31(16)29-14/h1-6,8,17-18H,7H2,(H,27,32). The maximum atomic E-state index is 13.3. The molecule has 0 saturated carbocycles. The minimum absolute atomic E-state index is 0.196. The maximum Gasteiger partial charge on any atom is 0.280 e. The molecule has 0 unspecified atom stereocenters. The van der Waals surface area contributed by atoms with E-state index in [9.17, 15) is 26.7 Å². The van der Waals surface area contributed by atoms with Crippen molar-refractivity contribution in [2.24, 2.45) is 0 Å². The molecule has 4 aromatic rings. The van der Waals surface area contributed by atoms with Crippen LogP contribution in [0.2, 0.25) is 5.02 Å². The van der Waals surface area contributed by atoms with E-state index in [0.29, 0.717) is 16.1 Å². The van der Waals surface area contributed by atoms with Gasteiger partial charge in [-0.2, -0.15) is 10.2 Å². The van der Waals surface area contributed by atoms with E-state index in [1.54, 1.807) is 0 Å². The lowest BCUT2D eigenvalue weighted by Crippen LogP contribution is -2.12. The highest BCUT2D eigenvalue weighted by molar-refractivity contribution is 6.31. The van der Waals surface area contributed by atoms with Gasteiger partial charge >= 0.3 is 0 Å². The summed E-state index contributed by atoms with van der Waals surface area (Å²) in [5, 5.41) is 10.5. The van der Waals surface area contributed by atoms with Gasteiger partial charge in [0.05, 0.1) is 18.4 Å². The summed E-state index contributed by atoms with van der Waals surface area (Å²) in [6.07, 6.45) is -3.39. The van der Waals surface area contributed by atoms with Crippen LogP contribution in [-0.2, 0) is 6.54 Å². The molecule has 32 heavy (non-hydrogen) atoms. The van der Waals surface area contributed by atoms with E-state index in [1.165, 1.54) is 29.2 Å². The second kappa shape index (κ2) is 8.54. The van der Waals surface area contributed by atoms with E-state index in [-0.39, 0.29) is 28.6 Å². The van der Waals surface area contributed by atoms with Crippen molar-refractivity contribution in [3.8, 4) is 0 Å². The molecule has 0 saturated heterocycles. The number of rotatable bonds is 6. The molecule has 7 nitrogen and oxygen atoms in total. The quantitative estimate of drug-likeness (QED) is 0.407. The van der Waals surface area contributed by atoms with Crippen molar-refractivity contribution in [1.29, 1.82) is 0 Å². The highest BCUT2D eigenvalue weighted by Crippen LogP contribution is 2.25. The Kier molecular flexibility index (Phi) is 5.78. The zero-order chi connectivity index (χ0) is 23.0. The SMILES string of the molecule is O=C(Nc1cnn(Cc2ccc(F)cc2Cl)c1)c1cc2nc(C(F)F)cc(C(F)F)n2n1. The van der Waals surface area contributed by atoms with Gasteiger partial charge in [0.15, 0.2) is 11.3 Å². The first-order valence-electron chi connectivity index (χ1n) is 8.96. The summed E-state index contributed by atoms with van der Waals surface area (Å²) in [4.78, 5) is 16.1. The molecule has 1 aromatic carbocycles. The number of halogens is 6. The van der Waals surface area contributed by atoms with Crippen LogP contribution in [0, 0.1) is 5.82 Å². The van der Waals surface area contributed by atoms with Gasteiger partial charge in [0.1, 0.15) is 17.2 Å². The number of aromatic nitrogens is 5. The second-order valence-electron chi connectivity index (χ2n) is 6.62. The molecule has 166 valence electrons. The van der Waals surface area contributed by atoms with Gasteiger partial charge in [-0.1, -0.05) is 17.7 Å². The number of amides is 1. The average Bonchev–Trinajstić information content (AvgIpc) is 3.35. The largest absolute Gasteiger partial charge is 0.318 e. The van der Waals surface area contributed by atoms with E-state index in [0.717, 1.165) is 12.1 Å². The molecular weight excluding hydrogens is 459 g/mol. The summed E-state index contributed by atoms with van der Waals surface area (Å²) in [5.41, 5.74) is -1.44. The van der Waals surface area contributed by atoms with Crippen molar-refractivity contribution in [2.75, 3.05) is 5.32 Å². The first-order chi connectivity index (χ1) is 15.2. The number of nitrogens with one attached hydrogen (secondary N) is 1. The molecule has 0 aliphatic carbocycles. The predicted octanol–water partition coefficient (Wildman–Crippen LogP) is 4.89. The van der Waals surface area contributed by atoms with Gasteiger partial charge < -0.3 is 5.32 Å². The third-order valence-corrected chi connectivity index (χ3v) is 4.74. The topological polar surface area (TPSA) is 77.1 Å². The Morgan fingerprint density at radius 3 is 2.59 bits per heavy atom. The Bertz CT molecular complexity index is 1300. The van der Waals surface area contributed by atoms with Gasteiger partial charge in [-0.05, 0) is 23.8 Å². The number of hydrogen-bond acceptors (Lipinski definition) is 4. The third-order valence-electron chi connectivity index (χ3n) is 4.39. The fourth-order valence-electron chi connectivity index (χ4n) is 2.93. The Morgan fingerprint density at radius 1 is 1.12 bits per heavy atom. The van der Waals surface area contributed by atoms with Gasteiger partial charge in [0, 0.05) is 17.3 Å². The number of carbonyl (C=O) groups is 1. The van der Waals surface area contributed by atoms with Crippen LogP contribution in [-0.4, -0.2) is 30.3 Å². The number of carbonyl (C=O) groups excluding carboxylic acids is 1. The van der Waals surface area contributed by atoms with Crippen LogP contribution >= 0.6 is 11.6 Å². The van der Waals surface area contributed by atoms with Gasteiger partial charge in [-0.25, -0.2) is 31.5 Å². The molecule has 0 bridgehead atoms. The third kappa shape index (κ3) is 4.40. The number of alkyl halides is 4. The zero-order valence-electron chi connectivity index (χ0n) is 15.8. The van der Waals surface area contributed by atoms with Crippen molar-refractivity contribution in [3.63, 3.8) is 0 Å². The Balaban J connectivity index is 1.55. The maximum absolute atomic E-state index is 13.3. The molecule has 4 rings (SSSR count). The van der Waals surface area contributed by atoms with Crippen molar-refractivity contribution in [1.82, 2.24) is 24.4 Å². The predicted molar refractivity (Wildman–Crippen MR) is 104 cm³/mol. The number of benzene rings is 1. The smallest absolute Gasteiger partial charge is 0.280 e. The summed E-state index contributed by atoms with van der Waals surface area (Å²) >= 11 is 5.99. The molecule has 13 heteroatoms. The van der Waals surface area contributed by atoms with Crippen LogP contribution < -0.4 is 5.32 Å². The van der Waals surface area contributed by atoms with E-state index >= 15 is 0 Å².